The monoisotopic (exact) mass is 205 g/mol. The fourth-order valence-corrected chi connectivity index (χ4v) is 2.01. The molecule has 76 valence electrons. The normalized spacial score (nSPS) is 26.3. The van der Waals surface area contributed by atoms with Crippen molar-refractivity contribution in [3.8, 4) is 0 Å². The van der Waals surface area contributed by atoms with E-state index in [1.165, 1.54) is 0 Å². The second kappa shape index (κ2) is 4.26. The SMILES string of the molecule is Cl.O=C1CNCC2(CCNCC2)N1. The van der Waals surface area contributed by atoms with Gasteiger partial charge in [-0.05, 0) is 25.9 Å². The minimum Gasteiger partial charge on any atom is -0.348 e. The molecular formula is C8H16ClN3O. The fourth-order valence-electron chi connectivity index (χ4n) is 2.01. The zero-order valence-electron chi connectivity index (χ0n) is 7.56. The van der Waals surface area contributed by atoms with Crippen molar-refractivity contribution in [1.29, 1.82) is 0 Å². The van der Waals surface area contributed by atoms with E-state index in [1.54, 1.807) is 0 Å². The smallest absolute Gasteiger partial charge is 0.234 e. The molecule has 0 aromatic carbocycles. The highest BCUT2D eigenvalue weighted by atomic mass is 35.5. The number of halogens is 1. The molecule has 0 aliphatic carbocycles. The number of rotatable bonds is 0. The lowest BCUT2D eigenvalue weighted by atomic mass is 9.87. The van der Waals surface area contributed by atoms with E-state index in [4.69, 9.17) is 0 Å². The van der Waals surface area contributed by atoms with E-state index in [2.05, 4.69) is 16.0 Å². The Balaban J connectivity index is 0.000000845. The fraction of sp³-hybridized carbons (Fsp3) is 0.875. The summed E-state index contributed by atoms with van der Waals surface area (Å²) in [6.45, 7) is 3.44. The first kappa shape index (κ1) is 10.8. The van der Waals surface area contributed by atoms with Crippen LogP contribution < -0.4 is 16.0 Å². The third-order valence-corrected chi connectivity index (χ3v) is 2.71. The lowest BCUT2D eigenvalue weighted by Crippen LogP contribution is -2.65. The summed E-state index contributed by atoms with van der Waals surface area (Å²) < 4.78 is 0. The molecule has 0 aromatic heterocycles. The van der Waals surface area contributed by atoms with Crippen molar-refractivity contribution in [3.05, 3.63) is 0 Å². The Morgan fingerprint density at radius 1 is 1.15 bits per heavy atom. The van der Waals surface area contributed by atoms with Crippen LogP contribution in [0.1, 0.15) is 12.8 Å². The second-order valence-corrected chi connectivity index (χ2v) is 3.68. The van der Waals surface area contributed by atoms with E-state index in [1.807, 2.05) is 0 Å². The van der Waals surface area contributed by atoms with Gasteiger partial charge in [0.05, 0.1) is 12.1 Å². The van der Waals surface area contributed by atoms with Gasteiger partial charge in [0, 0.05) is 6.54 Å². The van der Waals surface area contributed by atoms with Gasteiger partial charge < -0.3 is 16.0 Å². The summed E-state index contributed by atoms with van der Waals surface area (Å²) in [5.41, 5.74) is 0.0561. The first-order valence-electron chi connectivity index (χ1n) is 4.53. The van der Waals surface area contributed by atoms with E-state index in [0.29, 0.717) is 6.54 Å². The molecule has 2 aliphatic heterocycles. The first-order chi connectivity index (χ1) is 5.81. The minimum atomic E-state index is 0. The molecule has 0 radical (unpaired) electrons. The quantitative estimate of drug-likeness (QED) is 0.488. The van der Waals surface area contributed by atoms with Gasteiger partial charge in [0.2, 0.25) is 5.91 Å². The van der Waals surface area contributed by atoms with Gasteiger partial charge >= 0.3 is 0 Å². The van der Waals surface area contributed by atoms with Crippen LogP contribution in [-0.2, 0) is 4.79 Å². The molecule has 3 N–H and O–H groups in total. The third kappa shape index (κ3) is 2.33. The van der Waals surface area contributed by atoms with E-state index in [9.17, 15) is 4.79 Å². The Bertz CT molecular complexity index is 186. The van der Waals surface area contributed by atoms with Gasteiger partial charge in [0.1, 0.15) is 0 Å². The van der Waals surface area contributed by atoms with E-state index in [0.717, 1.165) is 32.5 Å². The molecule has 0 bridgehead atoms. The number of hydrogen-bond donors (Lipinski definition) is 3. The predicted octanol–water partition coefficient (Wildman–Crippen LogP) is -0.750. The maximum atomic E-state index is 11.1. The van der Waals surface area contributed by atoms with Gasteiger partial charge in [-0.2, -0.15) is 0 Å². The maximum absolute atomic E-state index is 11.1. The molecule has 1 spiro atoms. The standard InChI is InChI=1S/C8H15N3O.ClH/c12-7-5-10-6-8(11-7)1-3-9-4-2-8;/h9-10H,1-6H2,(H,11,12);1H. The molecule has 5 heteroatoms. The lowest BCUT2D eigenvalue weighted by molar-refractivity contribution is -0.124. The van der Waals surface area contributed by atoms with E-state index < -0.39 is 0 Å². The second-order valence-electron chi connectivity index (χ2n) is 3.68. The summed E-state index contributed by atoms with van der Waals surface area (Å²) in [6, 6.07) is 0. The first-order valence-corrected chi connectivity index (χ1v) is 4.53. The molecule has 2 rings (SSSR count). The molecule has 4 nitrogen and oxygen atoms in total. The molecule has 0 saturated carbocycles. The van der Waals surface area contributed by atoms with Gasteiger partial charge in [0.15, 0.2) is 0 Å². The van der Waals surface area contributed by atoms with E-state index in [-0.39, 0.29) is 23.9 Å². The topological polar surface area (TPSA) is 53.2 Å². The number of piperidine rings is 1. The highest BCUT2D eigenvalue weighted by molar-refractivity contribution is 5.85. The number of nitrogens with one attached hydrogen (secondary N) is 3. The number of carbonyl (C=O) groups is 1. The van der Waals surface area contributed by atoms with Crippen LogP contribution in [0.15, 0.2) is 0 Å². The number of carbonyl (C=O) groups excluding carboxylic acids is 1. The van der Waals surface area contributed by atoms with Gasteiger partial charge in [-0.3, -0.25) is 4.79 Å². The van der Waals surface area contributed by atoms with Crippen LogP contribution in [0.2, 0.25) is 0 Å². The molecule has 2 aliphatic rings. The van der Waals surface area contributed by atoms with Gasteiger partial charge in [-0.15, -0.1) is 12.4 Å². The Kier molecular flexibility index (Phi) is 3.53. The van der Waals surface area contributed by atoms with Crippen LogP contribution >= 0.6 is 12.4 Å². The van der Waals surface area contributed by atoms with Crippen molar-refractivity contribution < 1.29 is 4.79 Å². The minimum absolute atomic E-state index is 0. The molecule has 0 unspecified atom stereocenters. The number of amides is 1. The summed E-state index contributed by atoms with van der Waals surface area (Å²) in [6.07, 6.45) is 2.09. The summed E-state index contributed by atoms with van der Waals surface area (Å²) in [5, 5.41) is 9.54. The molecule has 0 aromatic rings. The van der Waals surface area contributed by atoms with Crippen LogP contribution in [0.25, 0.3) is 0 Å². The predicted molar refractivity (Wildman–Crippen MR) is 53.1 cm³/mol. The largest absolute Gasteiger partial charge is 0.348 e. The van der Waals surface area contributed by atoms with Crippen LogP contribution in [0.3, 0.4) is 0 Å². The molecular weight excluding hydrogens is 190 g/mol. The van der Waals surface area contributed by atoms with Crippen molar-refractivity contribution in [1.82, 2.24) is 16.0 Å². The van der Waals surface area contributed by atoms with E-state index >= 15 is 0 Å². The highest BCUT2D eigenvalue weighted by Gasteiger charge is 2.35. The molecule has 2 heterocycles. The average Bonchev–Trinajstić information content (AvgIpc) is 2.05. The summed E-state index contributed by atoms with van der Waals surface area (Å²) >= 11 is 0. The van der Waals surface area contributed by atoms with Crippen LogP contribution in [-0.4, -0.2) is 37.6 Å². The summed E-state index contributed by atoms with van der Waals surface area (Å²) in [5.74, 6) is 0.142. The Labute approximate surface area is 84.2 Å². The van der Waals surface area contributed by atoms with Gasteiger partial charge in [-0.25, -0.2) is 0 Å². The lowest BCUT2D eigenvalue weighted by Gasteiger charge is -2.41. The van der Waals surface area contributed by atoms with Crippen molar-refractivity contribution in [2.24, 2.45) is 0 Å². The Hall–Kier alpha value is -0.320. The zero-order chi connectivity index (χ0) is 8.44. The zero-order valence-corrected chi connectivity index (χ0v) is 8.38. The van der Waals surface area contributed by atoms with Crippen molar-refractivity contribution >= 4 is 18.3 Å². The highest BCUT2D eigenvalue weighted by Crippen LogP contribution is 2.18. The maximum Gasteiger partial charge on any atom is 0.234 e. The van der Waals surface area contributed by atoms with Crippen molar-refractivity contribution in [2.45, 2.75) is 18.4 Å². The average molecular weight is 206 g/mol. The van der Waals surface area contributed by atoms with Crippen LogP contribution in [0.4, 0.5) is 0 Å². The summed E-state index contributed by atoms with van der Waals surface area (Å²) in [7, 11) is 0. The van der Waals surface area contributed by atoms with Gasteiger partial charge in [0.25, 0.3) is 0 Å². The van der Waals surface area contributed by atoms with Crippen molar-refractivity contribution in [3.63, 3.8) is 0 Å². The number of hydrogen-bond acceptors (Lipinski definition) is 3. The summed E-state index contributed by atoms with van der Waals surface area (Å²) in [4.78, 5) is 11.1. The molecule has 1 amide bonds. The Morgan fingerprint density at radius 2 is 1.85 bits per heavy atom. The number of piperazine rings is 1. The van der Waals surface area contributed by atoms with Crippen LogP contribution in [0, 0.1) is 0 Å². The molecule has 2 fully saturated rings. The third-order valence-electron chi connectivity index (χ3n) is 2.71. The molecule has 0 atom stereocenters. The Morgan fingerprint density at radius 3 is 2.46 bits per heavy atom. The van der Waals surface area contributed by atoms with Gasteiger partial charge in [-0.1, -0.05) is 0 Å². The molecule has 13 heavy (non-hydrogen) atoms. The van der Waals surface area contributed by atoms with Crippen LogP contribution in [0.5, 0.6) is 0 Å². The molecule has 2 saturated heterocycles. The van der Waals surface area contributed by atoms with Crippen molar-refractivity contribution in [2.75, 3.05) is 26.2 Å².